The molecular weight excluding hydrogens is 437 g/mol. The molecule has 0 amide bonds. The van der Waals surface area contributed by atoms with Crippen LogP contribution in [0.2, 0.25) is 5.02 Å². The fourth-order valence-corrected chi connectivity index (χ4v) is 3.46. The SMILES string of the molecule is CS(=O)(=O)Nc1ccc(Cl)c(C(=O)c2c[nH]c3ncc(Br)cc23)c1F. The van der Waals surface area contributed by atoms with Gasteiger partial charge in [0.05, 0.1) is 22.5 Å². The Morgan fingerprint density at radius 3 is 2.80 bits per heavy atom. The molecule has 0 spiro atoms. The van der Waals surface area contributed by atoms with E-state index in [0.717, 1.165) is 12.3 Å². The maximum Gasteiger partial charge on any atom is 0.229 e. The number of halogens is 3. The topological polar surface area (TPSA) is 91.9 Å². The summed E-state index contributed by atoms with van der Waals surface area (Å²) in [6.07, 6.45) is 3.83. The van der Waals surface area contributed by atoms with Crippen molar-refractivity contribution in [3.8, 4) is 0 Å². The predicted molar refractivity (Wildman–Crippen MR) is 97.1 cm³/mol. The van der Waals surface area contributed by atoms with E-state index in [1.54, 1.807) is 12.3 Å². The standard InChI is InChI=1S/C15H10BrClFN3O3S/c1-25(23,24)21-11-3-2-10(17)12(13(11)18)14(22)9-6-20-15-8(9)4-7(16)5-19-15/h2-6,21H,1H3,(H,19,20). The number of H-pyrrole nitrogens is 1. The van der Waals surface area contributed by atoms with Crippen LogP contribution in [0.4, 0.5) is 10.1 Å². The number of hydrogen-bond donors (Lipinski definition) is 2. The molecule has 1 aromatic carbocycles. The minimum Gasteiger partial charge on any atom is -0.345 e. The Morgan fingerprint density at radius 2 is 2.12 bits per heavy atom. The van der Waals surface area contributed by atoms with Crippen molar-refractivity contribution >= 4 is 60.1 Å². The van der Waals surface area contributed by atoms with Gasteiger partial charge in [-0.25, -0.2) is 17.8 Å². The van der Waals surface area contributed by atoms with Gasteiger partial charge in [-0.1, -0.05) is 11.6 Å². The van der Waals surface area contributed by atoms with E-state index in [2.05, 4.69) is 25.9 Å². The van der Waals surface area contributed by atoms with E-state index in [0.29, 0.717) is 15.5 Å². The molecule has 0 unspecified atom stereocenters. The van der Waals surface area contributed by atoms with E-state index in [1.165, 1.54) is 12.3 Å². The van der Waals surface area contributed by atoms with Crippen LogP contribution in [-0.2, 0) is 10.0 Å². The number of nitrogens with one attached hydrogen (secondary N) is 2. The molecule has 3 rings (SSSR count). The first-order chi connectivity index (χ1) is 11.7. The number of ketones is 1. The number of carbonyl (C=O) groups excluding carboxylic acids is 1. The van der Waals surface area contributed by atoms with Crippen molar-refractivity contribution in [1.29, 1.82) is 0 Å². The van der Waals surface area contributed by atoms with Gasteiger partial charge in [0.15, 0.2) is 11.6 Å². The van der Waals surface area contributed by atoms with Crippen LogP contribution in [0.5, 0.6) is 0 Å². The normalized spacial score (nSPS) is 11.7. The molecule has 0 radical (unpaired) electrons. The summed E-state index contributed by atoms with van der Waals surface area (Å²) in [5.74, 6) is -1.73. The van der Waals surface area contributed by atoms with E-state index in [-0.39, 0.29) is 16.3 Å². The summed E-state index contributed by atoms with van der Waals surface area (Å²) < 4.78 is 40.1. The molecule has 0 aliphatic carbocycles. The monoisotopic (exact) mass is 445 g/mol. The quantitative estimate of drug-likeness (QED) is 0.598. The number of sulfonamides is 1. The van der Waals surface area contributed by atoms with Crippen LogP contribution in [0.1, 0.15) is 15.9 Å². The lowest BCUT2D eigenvalue weighted by atomic mass is 10.0. The maximum atomic E-state index is 14.7. The molecule has 25 heavy (non-hydrogen) atoms. The summed E-state index contributed by atoms with van der Waals surface area (Å²) in [5, 5.41) is 0.357. The molecule has 0 bridgehead atoms. The zero-order valence-corrected chi connectivity index (χ0v) is 15.8. The van der Waals surface area contributed by atoms with Crippen LogP contribution in [0.3, 0.4) is 0 Å². The molecule has 0 fully saturated rings. The predicted octanol–water partition coefficient (Wildman–Crippen LogP) is 3.72. The second-order valence-corrected chi connectivity index (χ2v) is 8.31. The van der Waals surface area contributed by atoms with Crippen molar-refractivity contribution in [3.63, 3.8) is 0 Å². The molecule has 0 aliphatic heterocycles. The molecular formula is C15H10BrClFN3O3S. The summed E-state index contributed by atoms with van der Waals surface area (Å²) >= 11 is 9.26. The molecule has 6 nitrogen and oxygen atoms in total. The smallest absolute Gasteiger partial charge is 0.229 e. The summed E-state index contributed by atoms with van der Waals surface area (Å²) in [4.78, 5) is 19.8. The minimum atomic E-state index is -3.72. The van der Waals surface area contributed by atoms with Gasteiger partial charge in [0, 0.05) is 27.8 Å². The lowest BCUT2D eigenvalue weighted by molar-refractivity contribution is 0.103. The number of aromatic amines is 1. The average Bonchev–Trinajstić information content (AvgIpc) is 2.92. The molecule has 0 atom stereocenters. The highest BCUT2D eigenvalue weighted by Crippen LogP contribution is 2.30. The van der Waals surface area contributed by atoms with Gasteiger partial charge < -0.3 is 4.98 Å². The van der Waals surface area contributed by atoms with Crippen molar-refractivity contribution in [2.45, 2.75) is 0 Å². The lowest BCUT2D eigenvalue weighted by Gasteiger charge is -2.10. The Kier molecular flexibility index (Phi) is 4.56. The highest BCUT2D eigenvalue weighted by atomic mass is 79.9. The van der Waals surface area contributed by atoms with Crippen LogP contribution >= 0.6 is 27.5 Å². The molecule has 0 saturated carbocycles. The number of aromatic nitrogens is 2. The van der Waals surface area contributed by atoms with E-state index < -0.39 is 27.2 Å². The number of hydrogen-bond acceptors (Lipinski definition) is 4. The van der Waals surface area contributed by atoms with Gasteiger partial charge in [-0.2, -0.15) is 0 Å². The summed E-state index contributed by atoms with van der Waals surface area (Å²) in [6, 6.07) is 4.08. The van der Waals surface area contributed by atoms with Crippen LogP contribution < -0.4 is 4.72 Å². The number of pyridine rings is 1. The first-order valence-corrected chi connectivity index (χ1v) is 9.87. The van der Waals surface area contributed by atoms with Gasteiger partial charge in [-0.3, -0.25) is 9.52 Å². The molecule has 3 aromatic rings. The number of rotatable bonds is 4. The third kappa shape index (κ3) is 3.53. The zero-order chi connectivity index (χ0) is 18.4. The van der Waals surface area contributed by atoms with Gasteiger partial charge in [0.25, 0.3) is 0 Å². The number of fused-ring (bicyclic) bond motifs is 1. The Morgan fingerprint density at radius 1 is 1.40 bits per heavy atom. The molecule has 0 saturated heterocycles. The van der Waals surface area contributed by atoms with Crippen molar-refractivity contribution in [1.82, 2.24) is 9.97 Å². The Bertz CT molecular complexity index is 1110. The van der Waals surface area contributed by atoms with Crippen LogP contribution in [0.15, 0.2) is 35.1 Å². The summed E-state index contributed by atoms with van der Waals surface area (Å²) in [7, 11) is -3.72. The number of benzene rings is 1. The second kappa shape index (κ2) is 6.40. The van der Waals surface area contributed by atoms with Crippen molar-refractivity contribution in [2.24, 2.45) is 0 Å². The molecule has 2 N–H and O–H groups in total. The second-order valence-electron chi connectivity index (χ2n) is 5.24. The van der Waals surface area contributed by atoms with Crippen molar-refractivity contribution in [2.75, 3.05) is 11.0 Å². The first kappa shape index (κ1) is 17.8. The minimum absolute atomic E-state index is 0.126. The van der Waals surface area contributed by atoms with Gasteiger partial charge in [0.2, 0.25) is 10.0 Å². The molecule has 2 aromatic heterocycles. The third-order valence-electron chi connectivity index (χ3n) is 3.36. The molecule has 2 heterocycles. The van der Waals surface area contributed by atoms with Gasteiger partial charge in [-0.15, -0.1) is 0 Å². The van der Waals surface area contributed by atoms with E-state index >= 15 is 0 Å². The van der Waals surface area contributed by atoms with E-state index in [4.69, 9.17) is 11.6 Å². The van der Waals surface area contributed by atoms with Gasteiger partial charge in [-0.05, 0) is 34.1 Å². The van der Waals surface area contributed by atoms with Gasteiger partial charge in [0.1, 0.15) is 5.65 Å². The maximum absolute atomic E-state index is 14.7. The van der Waals surface area contributed by atoms with Gasteiger partial charge >= 0.3 is 0 Å². The summed E-state index contributed by atoms with van der Waals surface area (Å²) in [6.45, 7) is 0. The zero-order valence-electron chi connectivity index (χ0n) is 12.6. The third-order valence-corrected chi connectivity index (χ3v) is 4.70. The molecule has 0 aliphatic rings. The Balaban J connectivity index is 2.16. The average molecular weight is 447 g/mol. The first-order valence-electron chi connectivity index (χ1n) is 6.80. The fourth-order valence-electron chi connectivity index (χ4n) is 2.34. The number of anilines is 1. The van der Waals surface area contributed by atoms with Crippen molar-refractivity contribution < 1.29 is 17.6 Å². The van der Waals surface area contributed by atoms with Crippen LogP contribution in [0.25, 0.3) is 11.0 Å². The highest BCUT2D eigenvalue weighted by Gasteiger charge is 2.24. The number of nitrogens with zero attached hydrogens (tertiary/aromatic N) is 1. The van der Waals surface area contributed by atoms with E-state index in [9.17, 15) is 17.6 Å². The largest absolute Gasteiger partial charge is 0.345 e. The molecule has 130 valence electrons. The van der Waals surface area contributed by atoms with Crippen molar-refractivity contribution in [3.05, 3.63) is 57.0 Å². The summed E-state index contributed by atoms with van der Waals surface area (Å²) in [5.41, 5.74) is -0.153. The van der Waals surface area contributed by atoms with Crippen LogP contribution in [-0.4, -0.2) is 30.4 Å². The number of carbonyl (C=O) groups is 1. The van der Waals surface area contributed by atoms with E-state index in [1.807, 2.05) is 4.72 Å². The lowest BCUT2D eigenvalue weighted by Crippen LogP contribution is -2.13. The fraction of sp³-hybridized carbons (Fsp3) is 0.0667. The van der Waals surface area contributed by atoms with Crippen LogP contribution in [0, 0.1) is 5.82 Å². The highest BCUT2D eigenvalue weighted by molar-refractivity contribution is 9.10. The molecule has 10 heteroatoms. The Hall–Kier alpha value is -1.97. The Labute approximate surface area is 155 Å².